The number of nitrogens with zero attached hydrogens (tertiary/aromatic N) is 2. The Labute approximate surface area is 119 Å². The average molecular weight is 279 g/mol. The Morgan fingerprint density at radius 1 is 1.20 bits per heavy atom. The molecule has 0 unspecified atom stereocenters. The fourth-order valence-electron chi connectivity index (χ4n) is 3.21. The zero-order chi connectivity index (χ0) is 14.2. The van der Waals surface area contributed by atoms with Crippen LogP contribution in [0.3, 0.4) is 0 Å². The fraction of sp³-hybridized carbons (Fsp3) is 0.600. The number of piperidine rings is 1. The van der Waals surface area contributed by atoms with Gasteiger partial charge < -0.3 is 15.7 Å². The number of benzene rings is 1. The van der Waals surface area contributed by atoms with Gasteiger partial charge in [-0.3, -0.25) is 4.90 Å². The normalized spacial score (nSPS) is 23.6. The summed E-state index contributed by atoms with van der Waals surface area (Å²) < 4.78 is 13.7. The number of hydrogen-bond acceptors (Lipinski definition) is 4. The van der Waals surface area contributed by atoms with E-state index in [4.69, 9.17) is 10.8 Å². The Morgan fingerprint density at radius 2 is 1.80 bits per heavy atom. The van der Waals surface area contributed by atoms with Crippen LogP contribution in [-0.2, 0) is 0 Å². The van der Waals surface area contributed by atoms with Crippen LogP contribution in [0.15, 0.2) is 24.3 Å². The number of hydrogen-bond donors (Lipinski definition) is 2. The molecule has 0 amide bonds. The second-order valence-electron chi connectivity index (χ2n) is 6.02. The predicted octanol–water partition coefficient (Wildman–Crippen LogP) is 1.25. The molecule has 0 aliphatic carbocycles. The van der Waals surface area contributed by atoms with Crippen molar-refractivity contribution in [3.8, 4) is 0 Å². The molecule has 1 aromatic carbocycles. The number of nitrogens with two attached hydrogens (primary N) is 1. The van der Waals surface area contributed by atoms with Crippen molar-refractivity contribution in [1.82, 2.24) is 4.90 Å². The molecule has 0 bridgehead atoms. The Morgan fingerprint density at radius 3 is 2.35 bits per heavy atom. The molecule has 2 aliphatic heterocycles. The Balaban J connectivity index is 1.51. The number of halogens is 1. The van der Waals surface area contributed by atoms with Crippen molar-refractivity contribution in [2.24, 2.45) is 0 Å². The first-order chi connectivity index (χ1) is 9.59. The molecular weight excluding hydrogens is 257 g/mol. The van der Waals surface area contributed by atoms with Gasteiger partial charge in [-0.25, -0.2) is 4.39 Å². The van der Waals surface area contributed by atoms with Crippen LogP contribution in [0.25, 0.3) is 0 Å². The van der Waals surface area contributed by atoms with E-state index in [-0.39, 0.29) is 6.61 Å². The van der Waals surface area contributed by atoms with E-state index in [1.54, 1.807) is 0 Å². The smallest absolute Gasteiger partial charge is 0.159 e. The largest absolute Gasteiger partial charge is 0.399 e. The second-order valence-corrected chi connectivity index (χ2v) is 6.02. The van der Waals surface area contributed by atoms with E-state index in [0.29, 0.717) is 19.1 Å². The molecular formula is C15H22FN3O. The van der Waals surface area contributed by atoms with Gasteiger partial charge in [-0.1, -0.05) is 0 Å². The highest BCUT2D eigenvalue weighted by molar-refractivity contribution is 5.53. The minimum Gasteiger partial charge on any atom is -0.399 e. The van der Waals surface area contributed by atoms with Gasteiger partial charge in [0.15, 0.2) is 5.67 Å². The van der Waals surface area contributed by atoms with Gasteiger partial charge >= 0.3 is 0 Å². The molecule has 110 valence electrons. The number of alkyl halides is 1. The monoisotopic (exact) mass is 279 g/mol. The van der Waals surface area contributed by atoms with Crippen LogP contribution in [0.5, 0.6) is 0 Å². The Hall–Kier alpha value is -1.33. The minimum atomic E-state index is -1.35. The third kappa shape index (κ3) is 2.60. The van der Waals surface area contributed by atoms with Gasteiger partial charge in [-0.2, -0.15) is 0 Å². The highest BCUT2D eigenvalue weighted by atomic mass is 19.1. The highest BCUT2D eigenvalue weighted by Gasteiger charge is 2.46. The van der Waals surface area contributed by atoms with Crippen molar-refractivity contribution in [3.63, 3.8) is 0 Å². The zero-order valence-electron chi connectivity index (χ0n) is 11.6. The SMILES string of the molecule is Nc1ccc(N2CCC(N3CC(F)(CO)C3)CC2)cc1. The molecule has 2 saturated heterocycles. The zero-order valence-corrected chi connectivity index (χ0v) is 11.6. The third-order valence-electron chi connectivity index (χ3n) is 4.50. The topological polar surface area (TPSA) is 52.7 Å². The summed E-state index contributed by atoms with van der Waals surface area (Å²) in [6, 6.07) is 8.41. The number of likely N-dealkylation sites (tertiary alicyclic amines) is 1. The molecule has 2 aliphatic rings. The van der Waals surface area contributed by atoms with Crippen LogP contribution in [0.2, 0.25) is 0 Å². The molecule has 2 heterocycles. The summed E-state index contributed by atoms with van der Waals surface area (Å²) >= 11 is 0. The van der Waals surface area contributed by atoms with Crippen molar-refractivity contribution in [2.45, 2.75) is 24.6 Å². The van der Waals surface area contributed by atoms with Crippen LogP contribution in [0, 0.1) is 0 Å². The van der Waals surface area contributed by atoms with Gasteiger partial charge in [0.2, 0.25) is 0 Å². The van der Waals surface area contributed by atoms with Crippen molar-refractivity contribution in [2.75, 3.05) is 43.4 Å². The molecule has 0 aromatic heterocycles. The summed E-state index contributed by atoms with van der Waals surface area (Å²) in [5, 5.41) is 8.95. The number of anilines is 2. The van der Waals surface area contributed by atoms with E-state index >= 15 is 0 Å². The minimum absolute atomic E-state index is 0.353. The quantitative estimate of drug-likeness (QED) is 0.818. The van der Waals surface area contributed by atoms with Gasteiger partial charge in [-0.05, 0) is 37.1 Å². The third-order valence-corrected chi connectivity index (χ3v) is 4.50. The molecule has 0 radical (unpaired) electrons. The molecule has 3 rings (SSSR count). The number of aliphatic hydroxyl groups excluding tert-OH is 1. The van der Waals surface area contributed by atoms with Crippen molar-refractivity contribution >= 4 is 11.4 Å². The summed E-state index contributed by atoms with van der Waals surface area (Å²) in [5.74, 6) is 0. The first-order valence-corrected chi connectivity index (χ1v) is 7.24. The van der Waals surface area contributed by atoms with Crippen LogP contribution < -0.4 is 10.6 Å². The maximum absolute atomic E-state index is 13.7. The lowest BCUT2D eigenvalue weighted by molar-refractivity contribution is -0.0896. The summed E-state index contributed by atoms with van der Waals surface area (Å²) in [7, 11) is 0. The van der Waals surface area contributed by atoms with E-state index in [2.05, 4.69) is 21.9 Å². The van der Waals surface area contributed by atoms with Crippen LogP contribution in [0.1, 0.15) is 12.8 Å². The summed E-state index contributed by atoms with van der Waals surface area (Å²) in [4.78, 5) is 4.51. The number of rotatable bonds is 3. The Kier molecular flexibility index (Phi) is 3.56. The van der Waals surface area contributed by atoms with Gasteiger partial charge in [-0.15, -0.1) is 0 Å². The molecule has 2 fully saturated rings. The molecule has 0 saturated carbocycles. The molecule has 5 heteroatoms. The maximum atomic E-state index is 13.7. The van der Waals surface area contributed by atoms with E-state index < -0.39 is 5.67 Å². The van der Waals surface area contributed by atoms with Crippen LogP contribution >= 0.6 is 0 Å². The maximum Gasteiger partial charge on any atom is 0.159 e. The van der Waals surface area contributed by atoms with Crippen molar-refractivity contribution in [3.05, 3.63) is 24.3 Å². The van der Waals surface area contributed by atoms with E-state index in [0.717, 1.165) is 31.6 Å². The molecule has 0 atom stereocenters. The first-order valence-electron chi connectivity index (χ1n) is 7.24. The fourth-order valence-corrected chi connectivity index (χ4v) is 3.21. The van der Waals surface area contributed by atoms with Gasteiger partial charge in [0, 0.05) is 43.6 Å². The van der Waals surface area contributed by atoms with E-state index in [1.165, 1.54) is 5.69 Å². The van der Waals surface area contributed by atoms with Crippen molar-refractivity contribution in [1.29, 1.82) is 0 Å². The number of aliphatic hydroxyl groups is 1. The van der Waals surface area contributed by atoms with Crippen LogP contribution in [-0.4, -0.2) is 54.5 Å². The van der Waals surface area contributed by atoms with E-state index in [1.807, 2.05) is 12.1 Å². The lowest BCUT2D eigenvalue weighted by Gasteiger charge is -2.50. The molecule has 0 spiro atoms. The predicted molar refractivity (Wildman–Crippen MR) is 78.6 cm³/mol. The lowest BCUT2D eigenvalue weighted by atomic mass is 9.91. The Bertz CT molecular complexity index is 451. The molecule has 3 N–H and O–H groups in total. The molecule has 1 aromatic rings. The van der Waals surface area contributed by atoms with Crippen LogP contribution in [0.4, 0.5) is 15.8 Å². The highest BCUT2D eigenvalue weighted by Crippen LogP contribution is 2.31. The standard InChI is InChI=1S/C15H22FN3O/c16-15(11-20)9-19(10-15)14-5-7-18(8-6-14)13-3-1-12(17)2-4-13/h1-4,14,20H,5-11,17H2. The van der Waals surface area contributed by atoms with Gasteiger partial charge in [0.05, 0.1) is 6.61 Å². The second kappa shape index (κ2) is 5.22. The first kappa shape index (κ1) is 13.6. The van der Waals surface area contributed by atoms with Crippen molar-refractivity contribution < 1.29 is 9.50 Å². The lowest BCUT2D eigenvalue weighted by Crippen LogP contribution is -2.65. The molecule has 4 nitrogen and oxygen atoms in total. The summed E-state index contributed by atoms with van der Waals surface area (Å²) in [6.45, 7) is 2.40. The average Bonchev–Trinajstić information content (AvgIpc) is 2.45. The summed E-state index contributed by atoms with van der Waals surface area (Å²) in [5.41, 5.74) is 6.34. The van der Waals surface area contributed by atoms with Gasteiger partial charge in [0.25, 0.3) is 0 Å². The molecule has 20 heavy (non-hydrogen) atoms. The van der Waals surface area contributed by atoms with Gasteiger partial charge in [0.1, 0.15) is 0 Å². The summed E-state index contributed by atoms with van der Waals surface area (Å²) in [6.07, 6.45) is 2.10. The van der Waals surface area contributed by atoms with E-state index in [9.17, 15) is 4.39 Å². The number of nitrogen functional groups attached to an aromatic ring is 1.